The summed E-state index contributed by atoms with van der Waals surface area (Å²) in [4.78, 5) is 12.9. The van der Waals surface area contributed by atoms with Gasteiger partial charge in [-0.1, -0.05) is 24.3 Å². The molecule has 1 aliphatic heterocycles. The van der Waals surface area contributed by atoms with E-state index in [9.17, 15) is 13.2 Å². The van der Waals surface area contributed by atoms with Gasteiger partial charge in [0.05, 0.1) is 42.2 Å². The van der Waals surface area contributed by atoms with Crippen LogP contribution in [-0.2, 0) is 10.0 Å². The van der Waals surface area contributed by atoms with Crippen molar-refractivity contribution < 1.29 is 27.4 Å². The van der Waals surface area contributed by atoms with Gasteiger partial charge in [-0.15, -0.1) is 0 Å². The minimum absolute atomic E-state index is 0.00156. The molecule has 4 rings (SSSR count). The Bertz CT molecular complexity index is 1240. The second-order valence-corrected chi connectivity index (χ2v) is 8.65. The molecule has 3 aromatic rings. The Morgan fingerprint density at radius 3 is 2.38 bits per heavy atom. The van der Waals surface area contributed by atoms with Crippen LogP contribution >= 0.6 is 0 Å². The lowest BCUT2D eigenvalue weighted by Gasteiger charge is -2.15. The molecule has 1 amide bonds. The van der Waals surface area contributed by atoms with Gasteiger partial charge in [-0.05, 0) is 36.4 Å². The Balaban J connectivity index is 1.60. The van der Waals surface area contributed by atoms with Crippen LogP contribution in [0, 0.1) is 0 Å². The Kier molecular flexibility index (Phi) is 6.18. The highest BCUT2D eigenvalue weighted by Gasteiger charge is 2.22. The van der Waals surface area contributed by atoms with Crippen LogP contribution in [0.3, 0.4) is 0 Å². The number of fused-ring (bicyclic) bond motifs is 1. The summed E-state index contributed by atoms with van der Waals surface area (Å²) < 4.78 is 45.0. The fourth-order valence-corrected chi connectivity index (χ4v) is 4.32. The average Bonchev–Trinajstić information content (AvgIpc) is 3.04. The van der Waals surface area contributed by atoms with E-state index in [1.807, 2.05) is 0 Å². The topological polar surface area (TPSA) is 103 Å². The fourth-order valence-electron chi connectivity index (χ4n) is 3.22. The second-order valence-electron chi connectivity index (χ2n) is 6.96. The number of nitrogens with one attached hydrogen (secondary N) is 2. The minimum atomic E-state index is -3.99. The van der Waals surface area contributed by atoms with Gasteiger partial charge in [-0.25, -0.2) is 8.42 Å². The number of para-hydroxylation sites is 3. The van der Waals surface area contributed by atoms with E-state index in [1.54, 1.807) is 42.5 Å². The maximum atomic E-state index is 13.0. The van der Waals surface area contributed by atoms with Crippen molar-refractivity contribution in [2.45, 2.75) is 11.3 Å². The van der Waals surface area contributed by atoms with Crippen LogP contribution in [0.1, 0.15) is 16.8 Å². The van der Waals surface area contributed by atoms with E-state index in [1.165, 1.54) is 31.4 Å². The smallest absolute Gasteiger partial charge is 0.262 e. The zero-order valence-corrected chi connectivity index (χ0v) is 18.1. The van der Waals surface area contributed by atoms with Gasteiger partial charge in [0.25, 0.3) is 15.9 Å². The number of methoxy groups -OCH3 is 1. The molecule has 0 saturated carbocycles. The standard InChI is InChI=1S/C23H22N2O6S/c1-29-20-10-5-4-9-19(20)24-23(26)17-7-2-3-8-18(17)25-32(27,28)16-11-12-21-22(15-16)31-14-6-13-30-21/h2-5,7-12,15,25H,6,13-14H2,1H3,(H,24,26). The van der Waals surface area contributed by atoms with E-state index in [-0.39, 0.29) is 16.1 Å². The lowest BCUT2D eigenvalue weighted by atomic mass is 10.1. The Morgan fingerprint density at radius 2 is 1.59 bits per heavy atom. The summed E-state index contributed by atoms with van der Waals surface area (Å²) in [6, 6.07) is 17.7. The number of amides is 1. The van der Waals surface area contributed by atoms with Gasteiger partial charge in [0, 0.05) is 12.5 Å². The largest absolute Gasteiger partial charge is 0.495 e. The van der Waals surface area contributed by atoms with Gasteiger partial charge in [0.15, 0.2) is 11.5 Å². The predicted molar refractivity (Wildman–Crippen MR) is 120 cm³/mol. The molecule has 0 bridgehead atoms. The Hall–Kier alpha value is -3.72. The summed E-state index contributed by atoms with van der Waals surface area (Å²) in [6.45, 7) is 0.946. The van der Waals surface area contributed by atoms with Crippen molar-refractivity contribution in [1.82, 2.24) is 0 Å². The summed E-state index contributed by atoms with van der Waals surface area (Å²) in [6.07, 6.45) is 0.712. The van der Waals surface area contributed by atoms with E-state index < -0.39 is 15.9 Å². The van der Waals surface area contributed by atoms with Crippen LogP contribution in [-0.4, -0.2) is 34.6 Å². The molecular formula is C23H22N2O6S. The molecule has 0 aromatic heterocycles. The van der Waals surface area contributed by atoms with Crippen LogP contribution in [0.4, 0.5) is 11.4 Å². The summed E-state index contributed by atoms with van der Waals surface area (Å²) in [5.41, 5.74) is 0.781. The number of carbonyl (C=O) groups is 1. The highest BCUT2D eigenvalue weighted by atomic mass is 32.2. The number of carbonyl (C=O) groups excluding carboxylic acids is 1. The molecule has 166 valence electrons. The Morgan fingerprint density at radius 1 is 0.906 bits per heavy atom. The first-order chi connectivity index (χ1) is 15.5. The van der Waals surface area contributed by atoms with E-state index >= 15 is 0 Å². The molecule has 1 heterocycles. The normalized spacial score (nSPS) is 13.0. The number of rotatable bonds is 6. The maximum absolute atomic E-state index is 13.0. The molecule has 0 saturated heterocycles. The van der Waals surface area contributed by atoms with Crippen molar-refractivity contribution >= 4 is 27.3 Å². The summed E-state index contributed by atoms with van der Waals surface area (Å²) in [5.74, 6) is 0.878. The molecule has 8 nitrogen and oxygen atoms in total. The van der Waals surface area contributed by atoms with E-state index in [0.29, 0.717) is 42.6 Å². The van der Waals surface area contributed by atoms with Gasteiger partial charge in [0.2, 0.25) is 0 Å². The molecule has 0 spiro atoms. The number of anilines is 2. The van der Waals surface area contributed by atoms with E-state index in [2.05, 4.69) is 10.0 Å². The van der Waals surface area contributed by atoms with Crippen molar-refractivity contribution in [2.75, 3.05) is 30.4 Å². The van der Waals surface area contributed by atoms with E-state index in [0.717, 1.165) is 0 Å². The van der Waals surface area contributed by atoms with E-state index in [4.69, 9.17) is 14.2 Å². The first-order valence-corrected chi connectivity index (χ1v) is 11.4. The summed E-state index contributed by atoms with van der Waals surface area (Å²) >= 11 is 0. The van der Waals surface area contributed by atoms with Crippen LogP contribution in [0.2, 0.25) is 0 Å². The molecule has 0 aliphatic carbocycles. The third kappa shape index (κ3) is 4.62. The molecule has 1 aliphatic rings. The van der Waals surface area contributed by atoms with Crippen molar-refractivity contribution in [3.63, 3.8) is 0 Å². The molecule has 3 aromatic carbocycles. The number of sulfonamides is 1. The van der Waals surface area contributed by atoms with Crippen LogP contribution in [0.25, 0.3) is 0 Å². The lowest BCUT2D eigenvalue weighted by Crippen LogP contribution is -2.19. The number of benzene rings is 3. The molecule has 32 heavy (non-hydrogen) atoms. The van der Waals surface area contributed by atoms with Gasteiger partial charge >= 0.3 is 0 Å². The van der Waals surface area contributed by atoms with Gasteiger partial charge in [-0.2, -0.15) is 0 Å². The van der Waals surface area contributed by atoms with Gasteiger partial charge in [-0.3, -0.25) is 9.52 Å². The van der Waals surface area contributed by atoms with Crippen molar-refractivity contribution in [3.05, 3.63) is 72.3 Å². The lowest BCUT2D eigenvalue weighted by molar-refractivity contribution is 0.102. The zero-order chi connectivity index (χ0) is 22.6. The second kappa shape index (κ2) is 9.19. The maximum Gasteiger partial charge on any atom is 0.262 e. The first-order valence-electron chi connectivity index (χ1n) is 9.94. The monoisotopic (exact) mass is 454 g/mol. The average molecular weight is 455 g/mol. The highest BCUT2D eigenvalue weighted by molar-refractivity contribution is 7.92. The molecule has 0 radical (unpaired) electrons. The molecule has 2 N–H and O–H groups in total. The molecule has 0 unspecified atom stereocenters. The van der Waals surface area contributed by atoms with Crippen LogP contribution in [0.5, 0.6) is 17.2 Å². The SMILES string of the molecule is COc1ccccc1NC(=O)c1ccccc1NS(=O)(=O)c1ccc2c(c1)OCCCO2. The Labute approximate surface area is 186 Å². The third-order valence-corrected chi connectivity index (χ3v) is 6.16. The fraction of sp³-hybridized carbons (Fsp3) is 0.174. The molecular weight excluding hydrogens is 432 g/mol. The number of hydrogen-bond donors (Lipinski definition) is 2. The predicted octanol–water partition coefficient (Wildman–Crippen LogP) is 3.91. The van der Waals surface area contributed by atoms with Gasteiger partial charge in [0.1, 0.15) is 5.75 Å². The quantitative estimate of drug-likeness (QED) is 0.585. The summed E-state index contributed by atoms with van der Waals surface area (Å²) in [7, 11) is -2.49. The number of ether oxygens (including phenoxy) is 3. The highest BCUT2D eigenvalue weighted by Crippen LogP contribution is 2.33. The molecule has 9 heteroatoms. The van der Waals surface area contributed by atoms with Crippen molar-refractivity contribution in [1.29, 1.82) is 0 Å². The van der Waals surface area contributed by atoms with Crippen LogP contribution < -0.4 is 24.2 Å². The van der Waals surface area contributed by atoms with Crippen molar-refractivity contribution in [3.8, 4) is 17.2 Å². The molecule has 0 atom stereocenters. The molecule has 0 fully saturated rings. The zero-order valence-electron chi connectivity index (χ0n) is 17.3. The first kappa shape index (κ1) is 21.5. The third-order valence-electron chi connectivity index (χ3n) is 4.80. The van der Waals surface area contributed by atoms with Crippen molar-refractivity contribution in [2.24, 2.45) is 0 Å². The summed E-state index contributed by atoms with van der Waals surface area (Å²) in [5, 5.41) is 2.76. The minimum Gasteiger partial charge on any atom is -0.495 e. The number of hydrogen-bond acceptors (Lipinski definition) is 6. The van der Waals surface area contributed by atoms with Crippen LogP contribution in [0.15, 0.2) is 71.6 Å². The van der Waals surface area contributed by atoms with Gasteiger partial charge < -0.3 is 19.5 Å².